The van der Waals surface area contributed by atoms with Crippen molar-refractivity contribution in [3.63, 3.8) is 0 Å². The fourth-order valence-corrected chi connectivity index (χ4v) is 1.79. The molecule has 0 aliphatic carbocycles. The van der Waals surface area contributed by atoms with Gasteiger partial charge in [-0.15, -0.1) is 0 Å². The van der Waals surface area contributed by atoms with E-state index < -0.39 is 5.97 Å². The highest BCUT2D eigenvalue weighted by molar-refractivity contribution is 5.93. The lowest BCUT2D eigenvalue weighted by atomic mass is 10.2. The molecule has 0 radical (unpaired) electrons. The Morgan fingerprint density at radius 3 is 2.55 bits per heavy atom. The number of hydrogen-bond acceptors (Lipinski definition) is 4. The minimum Gasteiger partial charge on any atom is -0.465 e. The standard InChI is InChI=1S/C14H21N3O3/c1-6-20-14(19)9-16(4)13(18)8-7-12-10(2)15-17(5)11(12)3/h7-8H,6,9H2,1-5H3/b8-7+. The maximum absolute atomic E-state index is 11.9. The molecular formula is C14H21N3O3. The predicted octanol–water partition coefficient (Wildman–Crippen LogP) is 1.07. The molecule has 0 bridgehead atoms. The van der Waals surface area contributed by atoms with Crippen LogP contribution in [0.4, 0.5) is 0 Å². The predicted molar refractivity (Wildman–Crippen MR) is 76.0 cm³/mol. The van der Waals surface area contributed by atoms with E-state index in [0.717, 1.165) is 17.0 Å². The molecule has 0 atom stereocenters. The lowest BCUT2D eigenvalue weighted by Gasteiger charge is -2.13. The fourth-order valence-electron chi connectivity index (χ4n) is 1.79. The SMILES string of the molecule is CCOC(=O)CN(C)C(=O)/C=C/c1c(C)nn(C)c1C. The van der Waals surface area contributed by atoms with Gasteiger partial charge >= 0.3 is 5.97 Å². The zero-order chi connectivity index (χ0) is 15.3. The molecule has 0 saturated carbocycles. The molecule has 0 spiro atoms. The van der Waals surface area contributed by atoms with Crippen LogP contribution in [0.5, 0.6) is 0 Å². The Hall–Kier alpha value is -2.11. The molecule has 1 aromatic rings. The second kappa shape index (κ2) is 6.88. The summed E-state index contributed by atoms with van der Waals surface area (Å²) in [5.41, 5.74) is 2.77. The summed E-state index contributed by atoms with van der Waals surface area (Å²) in [6.07, 6.45) is 3.16. The molecule has 6 nitrogen and oxygen atoms in total. The van der Waals surface area contributed by atoms with Crippen molar-refractivity contribution < 1.29 is 14.3 Å². The first-order valence-corrected chi connectivity index (χ1v) is 6.45. The Balaban J connectivity index is 2.70. The van der Waals surface area contributed by atoms with Crippen LogP contribution < -0.4 is 0 Å². The molecule has 1 aromatic heterocycles. The van der Waals surface area contributed by atoms with Gasteiger partial charge in [0.2, 0.25) is 5.91 Å². The average molecular weight is 279 g/mol. The van der Waals surface area contributed by atoms with Crippen molar-refractivity contribution in [1.82, 2.24) is 14.7 Å². The van der Waals surface area contributed by atoms with Crippen molar-refractivity contribution in [1.29, 1.82) is 0 Å². The number of carbonyl (C=O) groups is 2. The van der Waals surface area contributed by atoms with Crippen LogP contribution in [0.15, 0.2) is 6.08 Å². The molecule has 1 rings (SSSR count). The van der Waals surface area contributed by atoms with Crippen LogP contribution in [0.2, 0.25) is 0 Å². The van der Waals surface area contributed by atoms with Crippen molar-refractivity contribution in [2.45, 2.75) is 20.8 Å². The third-order valence-corrected chi connectivity index (χ3v) is 3.01. The van der Waals surface area contributed by atoms with E-state index in [0.29, 0.717) is 6.61 Å². The number of esters is 1. The summed E-state index contributed by atoms with van der Waals surface area (Å²) >= 11 is 0. The number of aryl methyl sites for hydroxylation is 2. The molecule has 0 aliphatic rings. The number of likely N-dealkylation sites (N-methyl/N-ethyl adjacent to an activating group) is 1. The maximum atomic E-state index is 11.9. The van der Waals surface area contributed by atoms with Gasteiger partial charge in [0.15, 0.2) is 0 Å². The van der Waals surface area contributed by atoms with Crippen LogP contribution in [0, 0.1) is 13.8 Å². The Morgan fingerprint density at radius 2 is 2.05 bits per heavy atom. The Labute approximate surface area is 119 Å². The molecule has 6 heteroatoms. The van der Waals surface area contributed by atoms with E-state index in [9.17, 15) is 9.59 Å². The van der Waals surface area contributed by atoms with E-state index in [2.05, 4.69) is 5.10 Å². The summed E-state index contributed by atoms with van der Waals surface area (Å²) in [7, 11) is 3.42. The van der Waals surface area contributed by atoms with E-state index in [1.807, 2.05) is 20.9 Å². The van der Waals surface area contributed by atoms with Crippen LogP contribution >= 0.6 is 0 Å². The molecular weight excluding hydrogens is 258 g/mol. The highest BCUT2D eigenvalue weighted by atomic mass is 16.5. The number of aromatic nitrogens is 2. The zero-order valence-corrected chi connectivity index (χ0v) is 12.6. The summed E-state index contributed by atoms with van der Waals surface area (Å²) in [4.78, 5) is 24.5. The highest BCUT2D eigenvalue weighted by Crippen LogP contribution is 2.13. The van der Waals surface area contributed by atoms with Crippen molar-refractivity contribution in [2.24, 2.45) is 7.05 Å². The third kappa shape index (κ3) is 3.94. The Bertz CT molecular complexity index is 532. The molecule has 0 N–H and O–H groups in total. The van der Waals surface area contributed by atoms with E-state index >= 15 is 0 Å². The van der Waals surface area contributed by atoms with E-state index in [1.54, 1.807) is 24.7 Å². The fraction of sp³-hybridized carbons (Fsp3) is 0.500. The number of amides is 1. The molecule has 1 amide bonds. The molecule has 0 aromatic carbocycles. The molecule has 0 fully saturated rings. The number of nitrogens with zero attached hydrogens (tertiary/aromatic N) is 3. The molecule has 110 valence electrons. The zero-order valence-electron chi connectivity index (χ0n) is 12.6. The van der Waals surface area contributed by atoms with Gasteiger partial charge in [-0.05, 0) is 26.8 Å². The van der Waals surface area contributed by atoms with Crippen molar-refractivity contribution in [3.8, 4) is 0 Å². The molecule has 0 aliphatic heterocycles. The van der Waals surface area contributed by atoms with Crippen molar-refractivity contribution in [3.05, 3.63) is 23.0 Å². The van der Waals surface area contributed by atoms with Crippen molar-refractivity contribution in [2.75, 3.05) is 20.2 Å². The molecule has 20 heavy (non-hydrogen) atoms. The number of hydrogen-bond donors (Lipinski definition) is 0. The summed E-state index contributed by atoms with van der Waals surface area (Å²) in [6, 6.07) is 0. The minimum atomic E-state index is -0.412. The van der Waals surface area contributed by atoms with Gasteiger partial charge in [0, 0.05) is 31.4 Å². The Kier molecular flexibility index (Phi) is 5.49. The molecule has 0 saturated heterocycles. The summed E-state index contributed by atoms with van der Waals surface area (Å²) in [5.74, 6) is -0.661. The first-order chi connectivity index (χ1) is 9.36. The van der Waals surface area contributed by atoms with Gasteiger partial charge in [-0.2, -0.15) is 5.10 Å². The lowest BCUT2D eigenvalue weighted by molar-refractivity contribution is -0.146. The minimum absolute atomic E-state index is 0.0536. The van der Waals surface area contributed by atoms with Gasteiger partial charge in [-0.1, -0.05) is 0 Å². The third-order valence-electron chi connectivity index (χ3n) is 3.01. The van der Waals surface area contributed by atoms with Crippen LogP contribution in [0.3, 0.4) is 0 Å². The molecule has 1 heterocycles. The lowest BCUT2D eigenvalue weighted by Crippen LogP contribution is -2.31. The van der Waals surface area contributed by atoms with Crippen molar-refractivity contribution >= 4 is 18.0 Å². The first-order valence-electron chi connectivity index (χ1n) is 6.45. The van der Waals surface area contributed by atoms with Crippen LogP contribution in [-0.2, 0) is 21.4 Å². The van der Waals surface area contributed by atoms with E-state index in [1.165, 1.54) is 11.0 Å². The van der Waals surface area contributed by atoms with Gasteiger partial charge in [0.1, 0.15) is 6.54 Å². The largest absolute Gasteiger partial charge is 0.465 e. The highest BCUT2D eigenvalue weighted by Gasteiger charge is 2.12. The van der Waals surface area contributed by atoms with Gasteiger partial charge < -0.3 is 9.64 Å². The normalized spacial score (nSPS) is 10.8. The van der Waals surface area contributed by atoms with Gasteiger partial charge in [-0.3, -0.25) is 14.3 Å². The van der Waals surface area contributed by atoms with Gasteiger partial charge in [0.25, 0.3) is 0 Å². The first kappa shape index (κ1) is 15.9. The van der Waals surface area contributed by atoms with Gasteiger partial charge in [-0.25, -0.2) is 0 Å². The Morgan fingerprint density at radius 1 is 1.40 bits per heavy atom. The summed E-state index contributed by atoms with van der Waals surface area (Å²) in [6.45, 7) is 5.81. The number of ether oxygens (including phenoxy) is 1. The summed E-state index contributed by atoms with van der Waals surface area (Å²) < 4.78 is 6.56. The van der Waals surface area contributed by atoms with E-state index in [-0.39, 0.29) is 12.5 Å². The number of rotatable bonds is 5. The van der Waals surface area contributed by atoms with Gasteiger partial charge in [0.05, 0.1) is 12.3 Å². The second-order valence-corrected chi connectivity index (χ2v) is 4.54. The van der Waals surface area contributed by atoms with Crippen LogP contribution in [0.1, 0.15) is 23.9 Å². The second-order valence-electron chi connectivity index (χ2n) is 4.54. The average Bonchev–Trinajstić information content (AvgIpc) is 2.61. The topological polar surface area (TPSA) is 64.4 Å². The maximum Gasteiger partial charge on any atom is 0.325 e. The quantitative estimate of drug-likeness (QED) is 0.597. The molecule has 0 unspecified atom stereocenters. The monoisotopic (exact) mass is 279 g/mol. The van der Waals surface area contributed by atoms with E-state index in [4.69, 9.17) is 4.74 Å². The smallest absolute Gasteiger partial charge is 0.325 e. The number of carbonyl (C=O) groups excluding carboxylic acids is 2. The summed E-state index contributed by atoms with van der Waals surface area (Å²) in [5, 5.41) is 4.27. The van der Waals surface area contributed by atoms with Crippen LogP contribution in [-0.4, -0.2) is 46.8 Å². The van der Waals surface area contributed by atoms with Crippen LogP contribution in [0.25, 0.3) is 6.08 Å².